The molecule has 3 aromatic rings. The molecule has 8 nitrogen and oxygen atoms in total. The van der Waals surface area contributed by atoms with Crippen molar-refractivity contribution in [1.82, 2.24) is 14.5 Å². The number of hydrogen-bond donors (Lipinski definition) is 0. The zero-order chi connectivity index (χ0) is 26.3. The van der Waals surface area contributed by atoms with Crippen molar-refractivity contribution in [3.63, 3.8) is 0 Å². The van der Waals surface area contributed by atoms with Crippen molar-refractivity contribution < 1.29 is 36.2 Å². The van der Waals surface area contributed by atoms with Gasteiger partial charge < -0.3 is 19.1 Å². The van der Waals surface area contributed by atoms with Crippen LogP contribution in [-0.4, -0.2) is 55.0 Å². The molecule has 2 atom stereocenters. The van der Waals surface area contributed by atoms with E-state index >= 15 is 0 Å². The quantitative estimate of drug-likeness (QED) is 0.371. The van der Waals surface area contributed by atoms with Gasteiger partial charge in [-0.3, -0.25) is 9.55 Å². The Morgan fingerprint density at radius 3 is 2.51 bits per heavy atom. The SMILES string of the molecule is BC1(B)n2c(cc(OCc3cc(F)c(Oc4ccnc(C(F)(F)F)c4)c(F)c3)nc2=O)N2C[C@H]3OCC321. The number of halogens is 5. The molecule has 0 saturated carbocycles. The zero-order valence-corrected chi connectivity index (χ0v) is 19.5. The van der Waals surface area contributed by atoms with Gasteiger partial charge in [0.2, 0.25) is 5.88 Å². The Balaban J connectivity index is 1.21. The van der Waals surface area contributed by atoms with Gasteiger partial charge in [-0.15, -0.1) is 0 Å². The summed E-state index contributed by atoms with van der Waals surface area (Å²) < 4.78 is 85.6. The van der Waals surface area contributed by atoms with E-state index in [0.717, 1.165) is 24.4 Å². The lowest BCUT2D eigenvalue weighted by molar-refractivity contribution is -0.183. The minimum Gasteiger partial charge on any atom is -0.473 e. The van der Waals surface area contributed by atoms with Crippen molar-refractivity contribution in [2.75, 3.05) is 18.1 Å². The standard InChI is InChI=1S/C22H17B2F5N4O4/c23-22(24)20-9-36-15(20)7-32(20)17-6-16(31-19(34)33(17)22)35-8-10-3-12(25)18(13(26)4-10)37-11-1-2-30-14(5-11)21(27,28)29/h1-6,15H,7-9,23-24H2/t15-,20?/m1/s1. The Bertz CT molecular complexity index is 1480. The molecule has 1 unspecified atom stereocenters. The Morgan fingerprint density at radius 1 is 1.16 bits per heavy atom. The maximum Gasteiger partial charge on any atom is 0.433 e. The number of fused-ring (bicyclic) bond motifs is 2. The first-order valence-electron chi connectivity index (χ1n) is 11.3. The molecular weight excluding hydrogens is 501 g/mol. The van der Waals surface area contributed by atoms with Gasteiger partial charge in [0.05, 0.1) is 6.61 Å². The lowest BCUT2D eigenvalue weighted by Gasteiger charge is -2.66. The number of alkyl halides is 3. The third-order valence-corrected chi connectivity index (χ3v) is 7.33. The summed E-state index contributed by atoms with van der Waals surface area (Å²) in [6, 6.07) is 5.04. The van der Waals surface area contributed by atoms with Gasteiger partial charge in [-0.25, -0.2) is 13.6 Å². The second-order valence-corrected chi connectivity index (χ2v) is 9.62. The first kappa shape index (κ1) is 23.8. The monoisotopic (exact) mass is 518 g/mol. The largest absolute Gasteiger partial charge is 0.473 e. The average molecular weight is 518 g/mol. The number of rotatable bonds is 5. The van der Waals surface area contributed by atoms with Gasteiger partial charge in [0.15, 0.2) is 17.4 Å². The smallest absolute Gasteiger partial charge is 0.433 e. The molecule has 15 heteroatoms. The average Bonchev–Trinajstić information content (AvgIpc) is 3.00. The summed E-state index contributed by atoms with van der Waals surface area (Å²) in [5.74, 6) is -2.98. The topological polar surface area (TPSA) is 78.7 Å². The third-order valence-electron chi connectivity index (χ3n) is 7.33. The van der Waals surface area contributed by atoms with E-state index in [-0.39, 0.29) is 29.7 Å². The van der Waals surface area contributed by atoms with E-state index in [2.05, 4.69) is 14.9 Å². The lowest BCUT2D eigenvalue weighted by atomic mass is 9.46. The van der Waals surface area contributed by atoms with Crippen LogP contribution in [0.15, 0.2) is 41.3 Å². The molecule has 190 valence electrons. The maximum absolute atomic E-state index is 14.6. The highest BCUT2D eigenvalue weighted by Gasteiger charge is 2.73. The molecule has 0 N–H and O–H groups in total. The summed E-state index contributed by atoms with van der Waals surface area (Å²) in [7, 11) is 3.92. The fraction of sp³-hybridized carbons (Fsp3) is 0.318. The number of benzene rings is 1. The molecule has 2 fully saturated rings. The number of anilines is 1. The molecule has 6 rings (SSSR count). The Hall–Kier alpha value is -3.61. The van der Waals surface area contributed by atoms with Crippen LogP contribution >= 0.6 is 0 Å². The molecule has 2 aromatic heterocycles. The molecular formula is C22H17B2F5N4O4. The summed E-state index contributed by atoms with van der Waals surface area (Å²) in [6.07, 6.45) is -3.89. The van der Waals surface area contributed by atoms with E-state index < -0.39 is 46.0 Å². The number of aromatic nitrogens is 3. The molecule has 37 heavy (non-hydrogen) atoms. The Labute approximate surface area is 207 Å². The van der Waals surface area contributed by atoms with Gasteiger partial charge in [-0.1, -0.05) is 0 Å². The van der Waals surface area contributed by atoms with E-state index in [1.54, 1.807) is 10.6 Å². The van der Waals surface area contributed by atoms with Gasteiger partial charge in [0.25, 0.3) is 0 Å². The Morgan fingerprint density at radius 2 is 1.89 bits per heavy atom. The second kappa shape index (κ2) is 7.70. The van der Waals surface area contributed by atoms with E-state index in [9.17, 15) is 26.7 Å². The number of morpholine rings is 1. The third kappa shape index (κ3) is 3.36. The summed E-state index contributed by atoms with van der Waals surface area (Å²) in [5, 5.41) is -0.538. The predicted molar refractivity (Wildman–Crippen MR) is 123 cm³/mol. The number of nitrogens with zero attached hydrogens (tertiary/aromatic N) is 4. The van der Waals surface area contributed by atoms with Crippen LogP contribution < -0.4 is 20.1 Å². The summed E-state index contributed by atoms with van der Waals surface area (Å²) >= 11 is 0. The van der Waals surface area contributed by atoms with E-state index in [1.807, 2.05) is 15.7 Å². The molecule has 1 aromatic carbocycles. The lowest BCUT2D eigenvalue weighted by Crippen LogP contribution is -2.86. The summed E-state index contributed by atoms with van der Waals surface area (Å²) in [5.41, 5.74) is -2.02. The number of pyridine rings is 1. The highest BCUT2D eigenvalue weighted by molar-refractivity contribution is 6.40. The van der Waals surface area contributed by atoms with Gasteiger partial charge in [-0.05, 0) is 23.8 Å². The van der Waals surface area contributed by atoms with Crippen molar-refractivity contribution >= 4 is 21.5 Å². The molecule has 2 saturated heterocycles. The maximum atomic E-state index is 14.6. The molecule has 0 aliphatic carbocycles. The molecule has 3 aliphatic rings. The number of ether oxygens (including phenoxy) is 3. The van der Waals surface area contributed by atoms with Crippen LogP contribution in [0, 0.1) is 11.6 Å². The van der Waals surface area contributed by atoms with Crippen molar-refractivity contribution in [1.29, 1.82) is 0 Å². The van der Waals surface area contributed by atoms with Crippen LogP contribution in [0.1, 0.15) is 11.3 Å². The van der Waals surface area contributed by atoms with Gasteiger partial charge in [0, 0.05) is 30.2 Å². The van der Waals surface area contributed by atoms with E-state index in [0.29, 0.717) is 25.0 Å². The van der Waals surface area contributed by atoms with Crippen LogP contribution in [0.2, 0.25) is 0 Å². The van der Waals surface area contributed by atoms with Crippen LogP contribution in [0.4, 0.5) is 27.8 Å². The highest BCUT2D eigenvalue weighted by atomic mass is 19.4. The summed E-state index contributed by atoms with van der Waals surface area (Å²) in [6.45, 7) is 0.801. The first-order valence-corrected chi connectivity index (χ1v) is 11.3. The zero-order valence-electron chi connectivity index (χ0n) is 19.5. The Kier molecular flexibility index (Phi) is 4.94. The minimum atomic E-state index is -4.74. The molecule has 0 amide bonds. The molecule has 0 radical (unpaired) electrons. The molecule has 5 heterocycles. The first-order chi connectivity index (χ1) is 17.4. The van der Waals surface area contributed by atoms with Crippen molar-refractivity contribution in [2.24, 2.45) is 0 Å². The fourth-order valence-corrected chi connectivity index (χ4v) is 5.37. The van der Waals surface area contributed by atoms with Gasteiger partial charge >= 0.3 is 11.9 Å². The van der Waals surface area contributed by atoms with E-state index in [1.165, 1.54) is 0 Å². The van der Waals surface area contributed by atoms with Crippen molar-refractivity contribution in [3.05, 3.63) is 69.9 Å². The second-order valence-electron chi connectivity index (χ2n) is 9.62. The van der Waals surface area contributed by atoms with Crippen molar-refractivity contribution in [2.45, 2.75) is 29.8 Å². The van der Waals surface area contributed by atoms with Crippen LogP contribution in [0.5, 0.6) is 17.4 Å². The van der Waals surface area contributed by atoms with Gasteiger partial charge in [0.1, 0.15) is 51.2 Å². The van der Waals surface area contributed by atoms with Gasteiger partial charge in [-0.2, -0.15) is 18.2 Å². The highest BCUT2D eigenvalue weighted by Crippen LogP contribution is 2.56. The van der Waals surface area contributed by atoms with Crippen molar-refractivity contribution in [3.8, 4) is 17.4 Å². The minimum absolute atomic E-state index is 0.00889. The molecule has 3 aliphatic heterocycles. The van der Waals surface area contributed by atoms with Crippen LogP contribution in [-0.2, 0) is 22.9 Å². The van der Waals surface area contributed by atoms with Crippen LogP contribution in [0.3, 0.4) is 0 Å². The van der Waals surface area contributed by atoms with Crippen LogP contribution in [0.25, 0.3) is 0 Å². The summed E-state index contributed by atoms with van der Waals surface area (Å²) in [4.78, 5) is 22.1. The van der Waals surface area contributed by atoms with E-state index in [4.69, 9.17) is 14.2 Å². The fourth-order valence-electron chi connectivity index (χ4n) is 5.37. The molecule has 0 bridgehead atoms. The normalized spacial score (nSPS) is 22.8. The predicted octanol–water partition coefficient (Wildman–Crippen LogP) is 1.15. The molecule has 1 spiro atoms. The number of hydrogen-bond acceptors (Lipinski definition) is 7.